The zero-order valence-electron chi connectivity index (χ0n) is 28.0. The van der Waals surface area contributed by atoms with E-state index in [1.807, 2.05) is 0 Å². The highest BCUT2D eigenvalue weighted by Gasteiger charge is 2.66. The first kappa shape index (κ1) is 31.4. The molecule has 1 saturated heterocycles. The van der Waals surface area contributed by atoms with Crippen molar-refractivity contribution < 1.29 is 23.4 Å². The summed E-state index contributed by atoms with van der Waals surface area (Å²) >= 11 is 0. The van der Waals surface area contributed by atoms with E-state index in [4.69, 9.17) is 18.6 Å². The van der Waals surface area contributed by atoms with E-state index in [2.05, 4.69) is 113 Å². The Morgan fingerprint density at radius 1 is 0.957 bits per heavy atom. The molecule has 1 aliphatic heterocycles. The predicted octanol–water partition coefficient (Wildman–Crippen LogP) is 7.32. The smallest absolute Gasteiger partial charge is 0.319 e. The molecule has 7 rings (SSSR count). The van der Waals surface area contributed by atoms with Crippen LogP contribution >= 0.6 is 0 Å². The van der Waals surface area contributed by atoms with E-state index in [0.29, 0.717) is 31.7 Å². The summed E-state index contributed by atoms with van der Waals surface area (Å²) in [5.41, 5.74) is 4.03. The average Bonchev–Trinajstić information content (AvgIpc) is 3.64. The number of ether oxygens (including phenoxy) is 3. The molecule has 3 aromatic rings. The molecule has 0 amide bonds. The second-order valence-corrected chi connectivity index (χ2v) is 19.3. The third-order valence-electron chi connectivity index (χ3n) is 11.7. The molecule has 46 heavy (non-hydrogen) atoms. The summed E-state index contributed by atoms with van der Waals surface area (Å²) in [4.78, 5) is 11.7. The number of esters is 1. The molecule has 1 heterocycles. The van der Waals surface area contributed by atoms with E-state index in [0.717, 1.165) is 37.9 Å². The lowest BCUT2D eigenvalue weighted by Gasteiger charge is -2.54. The van der Waals surface area contributed by atoms with Crippen molar-refractivity contribution in [3.05, 3.63) is 102 Å². The first-order chi connectivity index (χ1) is 22.1. The highest BCUT2D eigenvalue weighted by atomic mass is 28.4. The second-order valence-electron chi connectivity index (χ2n) is 15.1. The summed E-state index contributed by atoms with van der Waals surface area (Å²) in [6, 6.07) is 28.6. The van der Waals surface area contributed by atoms with Crippen LogP contribution in [0.1, 0.15) is 77.3 Å². The molecule has 4 unspecified atom stereocenters. The zero-order chi connectivity index (χ0) is 32.2. The van der Waals surface area contributed by atoms with Gasteiger partial charge in [-0.05, 0) is 82.3 Å². The molecule has 0 radical (unpaired) electrons. The van der Waals surface area contributed by atoms with Crippen molar-refractivity contribution in [1.29, 1.82) is 0 Å². The molecule has 0 bridgehead atoms. The fourth-order valence-corrected chi connectivity index (χ4v) is 14.1. The molecule has 1 spiro atoms. The van der Waals surface area contributed by atoms with Gasteiger partial charge in [0.15, 0.2) is 5.79 Å². The van der Waals surface area contributed by atoms with Crippen LogP contribution in [0, 0.1) is 17.3 Å². The van der Waals surface area contributed by atoms with Gasteiger partial charge in [0.25, 0.3) is 0 Å². The minimum Gasteiger partial charge on any atom is -0.534 e. The standard InChI is InChI=1S/C40H48O5Si/c1-28(41)42-23-21-30-27-39(5)36(20-22-40(39)43-24-25-44-40)35-18-16-29-26-31(17-19-34(29)37(30)35)45-46(38(2,3)4,32-12-8-6-9-13-32)33-14-10-7-11-15-33/h6-15,17,19,21,26,35-37H,16,18,20,22-25,27H2,1-5H3/b30-21+. The van der Waals surface area contributed by atoms with Gasteiger partial charge in [-0.15, -0.1) is 0 Å². The van der Waals surface area contributed by atoms with Crippen LogP contribution in [0.5, 0.6) is 5.75 Å². The Hall–Kier alpha value is -3.19. The number of fused-ring (bicyclic) bond motifs is 6. The Kier molecular flexibility index (Phi) is 8.06. The first-order valence-corrected chi connectivity index (χ1v) is 19.0. The van der Waals surface area contributed by atoms with Crippen LogP contribution in [0.25, 0.3) is 0 Å². The number of benzene rings is 3. The van der Waals surface area contributed by atoms with E-state index < -0.39 is 14.1 Å². The number of rotatable bonds is 6. The van der Waals surface area contributed by atoms with E-state index >= 15 is 0 Å². The Morgan fingerprint density at radius 2 is 1.61 bits per heavy atom. The van der Waals surface area contributed by atoms with Crippen LogP contribution in [-0.4, -0.2) is 39.9 Å². The molecule has 4 atom stereocenters. The molecule has 242 valence electrons. The average molecular weight is 637 g/mol. The van der Waals surface area contributed by atoms with Crippen molar-refractivity contribution in [2.45, 2.75) is 83.5 Å². The van der Waals surface area contributed by atoms with Gasteiger partial charge < -0.3 is 18.6 Å². The number of carbonyl (C=O) groups excluding carboxylic acids is 1. The third kappa shape index (κ3) is 4.99. The summed E-state index contributed by atoms with van der Waals surface area (Å²) in [5.74, 6) is 1.49. The summed E-state index contributed by atoms with van der Waals surface area (Å²) in [5, 5.41) is 2.44. The van der Waals surface area contributed by atoms with Gasteiger partial charge in [0, 0.05) is 24.7 Å². The maximum absolute atomic E-state index is 11.7. The van der Waals surface area contributed by atoms with Gasteiger partial charge in [0.2, 0.25) is 0 Å². The van der Waals surface area contributed by atoms with Gasteiger partial charge in [-0.25, -0.2) is 0 Å². The van der Waals surface area contributed by atoms with Crippen molar-refractivity contribution in [2.24, 2.45) is 17.3 Å². The van der Waals surface area contributed by atoms with Gasteiger partial charge in [-0.1, -0.05) is 100.0 Å². The van der Waals surface area contributed by atoms with Gasteiger partial charge in [-0.2, -0.15) is 0 Å². The van der Waals surface area contributed by atoms with Crippen molar-refractivity contribution in [2.75, 3.05) is 19.8 Å². The Balaban J connectivity index is 1.28. The molecule has 6 heteroatoms. The largest absolute Gasteiger partial charge is 0.534 e. The molecule has 0 aromatic heterocycles. The molecule has 3 aliphatic carbocycles. The second kappa shape index (κ2) is 11.8. The zero-order valence-corrected chi connectivity index (χ0v) is 29.0. The minimum atomic E-state index is -2.75. The SMILES string of the molecule is CC(=O)OC/C=C1\CC2(C)C(CCC23OCCO3)C2CCc3cc(O[Si](c4ccccc4)(c4ccccc4)C(C)(C)C)ccc3C12. The molecule has 5 nitrogen and oxygen atoms in total. The minimum absolute atomic E-state index is 0.101. The summed E-state index contributed by atoms with van der Waals surface area (Å²) in [6.07, 6.45) is 7.28. The highest BCUT2D eigenvalue weighted by molar-refractivity contribution is 7.00. The molecular weight excluding hydrogens is 589 g/mol. The number of allylic oxidation sites excluding steroid dienone is 1. The Bertz CT molecular complexity index is 1560. The summed E-state index contributed by atoms with van der Waals surface area (Å²) in [6.45, 7) is 12.5. The molecule has 0 N–H and O–H groups in total. The lowest BCUT2D eigenvalue weighted by Crippen LogP contribution is -2.68. The molecule has 3 fully saturated rings. The van der Waals surface area contributed by atoms with E-state index in [9.17, 15) is 4.79 Å². The molecule has 4 aliphatic rings. The van der Waals surface area contributed by atoms with Crippen LogP contribution in [0.2, 0.25) is 5.04 Å². The van der Waals surface area contributed by atoms with Crippen LogP contribution < -0.4 is 14.8 Å². The topological polar surface area (TPSA) is 54.0 Å². The maximum Gasteiger partial charge on any atom is 0.319 e. The fourth-order valence-electron chi connectivity index (χ4n) is 9.73. The van der Waals surface area contributed by atoms with E-state index in [1.165, 1.54) is 34.0 Å². The summed E-state index contributed by atoms with van der Waals surface area (Å²) in [7, 11) is -2.75. The summed E-state index contributed by atoms with van der Waals surface area (Å²) < 4.78 is 25.8. The quantitative estimate of drug-likeness (QED) is 0.161. The van der Waals surface area contributed by atoms with E-state index in [-0.39, 0.29) is 22.3 Å². The van der Waals surface area contributed by atoms with E-state index in [1.54, 1.807) is 0 Å². The van der Waals surface area contributed by atoms with Crippen LogP contribution in [-0.2, 0) is 25.4 Å². The lowest BCUT2D eigenvalue weighted by molar-refractivity contribution is -0.232. The van der Waals surface area contributed by atoms with Crippen molar-refractivity contribution in [3.8, 4) is 5.75 Å². The lowest BCUT2D eigenvalue weighted by atomic mass is 9.53. The van der Waals surface area contributed by atoms with Crippen molar-refractivity contribution >= 4 is 24.7 Å². The predicted molar refractivity (Wildman–Crippen MR) is 184 cm³/mol. The Morgan fingerprint density at radius 3 is 2.22 bits per heavy atom. The van der Waals surface area contributed by atoms with Crippen LogP contribution in [0.15, 0.2) is 90.5 Å². The number of hydrogen-bond acceptors (Lipinski definition) is 5. The van der Waals surface area contributed by atoms with Crippen molar-refractivity contribution in [3.63, 3.8) is 0 Å². The van der Waals surface area contributed by atoms with Crippen LogP contribution in [0.4, 0.5) is 0 Å². The first-order valence-electron chi connectivity index (χ1n) is 17.1. The van der Waals surface area contributed by atoms with Gasteiger partial charge >= 0.3 is 14.3 Å². The van der Waals surface area contributed by atoms with Gasteiger partial charge in [-0.3, -0.25) is 4.79 Å². The molecule has 3 aromatic carbocycles. The third-order valence-corrected chi connectivity index (χ3v) is 16.6. The van der Waals surface area contributed by atoms with Crippen molar-refractivity contribution in [1.82, 2.24) is 0 Å². The molecule has 2 saturated carbocycles. The normalized spacial score (nSPS) is 27.6. The van der Waals surface area contributed by atoms with Gasteiger partial charge in [0.1, 0.15) is 12.4 Å². The number of aryl methyl sites for hydroxylation is 1. The fraction of sp³-hybridized carbons (Fsp3) is 0.475. The van der Waals surface area contributed by atoms with Crippen LogP contribution in [0.3, 0.4) is 0 Å². The molecular formula is C40H48O5Si. The number of hydrogen-bond donors (Lipinski definition) is 0. The highest BCUT2D eigenvalue weighted by Crippen LogP contribution is 2.67. The van der Waals surface area contributed by atoms with Gasteiger partial charge in [0.05, 0.1) is 13.2 Å². The maximum atomic E-state index is 11.7. The number of carbonyl (C=O) groups is 1. The Labute approximate surface area is 275 Å². The monoisotopic (exact) mass is 636 g/mol.